The van der Waals surface area contributed by atoms with Gasteiger partial charge < -0.3 is 20.3 Å². The highest BCUT2D eigenvalue weighted by atomic mass is 16.5. The van der Waals surface area contributed by atoms with Crippen LogP contribution >= 0.6 is 0 Å². The van der Waals surface area contributed by atoms with E-state index >= 15 is 0 Å². The minimum absolute atomic E-state index is 0.0478. The Morgan fingerprint density at radius 1 is 1.30 bits per heavy atom. The highest BCUT2D eigenvalue weighted by Crippen LogP contribution is 2.22. The molecule has 0 fully saturated rings. The van der Waals surface area contributed by atoms with Crippen molar-refractivity contribution < 1.29 is 9.53 Å². The second-order valence-corrected chi connectivity index (χ2v) is 5.32. The Balaban J connectivity index is 2.82. The summed E-state index contributed by atoms with van der Waals surface area (Å²) in [5.74, 6) is -0.0478. The van der Waals surface area contributed by atoms with Gasteiger partial charge in [0.25, 0.3) is 5.91 Å². The van der Waals surface area contributed by atoms with Gasteiger partial charge in [-0.05, 0) is 32.0 Å². The van der Waals surface area contributed by atoms with Crippen LogP contribution in [-0.4, -0.2) is 51.2 Å². The molecule has 1 rings (SSSR count). The van der Waals surface area contributed by atoms with Gasteiger partial charge in [-0.3, -0.25) is 4.79 Å². The maximum absolute atomic E-state index is 12.5. The first-order valence-electron chi connectivity index (χ1n) is 6.76. The zero-order valence-corrected chi connectivity index (χ0v) is 13.0. The van der Waals surface area contributed by atoms with E-state index in [2.05, 4.69) is 0 Å². The average molecular weight is 279 g/mol. The summed E-state index contributed by atoms with van der Waals surface area (Å²) in [4.78, 5) is 16.1. The van der Waals surface area contributed by atoms with Crippen LogP contribution in [0.2, 0.25) is 0 Å². The number of nitrogen functional groups attached to an aromatic ring is 1. The Morgan fingerprint density at radius 3 is 2.50 bits per heavy atom. The largest absolute Gasteiger partial charge is 0.399 e. The van der Waals surface area contributed by atoms with E-state index in [0.717, 1.165) is 5.69 Å². The van der Waals surface area contributed by atoms with Crippen LogP contribution in [0.15, 0.2) is 18.2 Å². The first-order valence-corrected chi connectivity index (χ1v) is 6.76. The maximum Gasteiger partial charge on any atom is 0.255 e. The average Bonchev–Trinajstić information content (AvgIpc) is 2.36. The van der Waals surface area contributed by atoms with Crippen molar-refractivity contribution in [3.8, 4) is 0 Å². The predicted octanol–water partition coefficient (Wildman–Crippen LogP) is 1.83. The number of hydrogen-bond donors (Lipinski definition) is 1. The molecule has 0 unspecified atom stereocenters. The molecule has 0 bridgehead atoms. The van der Waals surface area contributed by atoms with Crippen molar-refractivity contribution in [2.24, 2.45) is 0 Å². The van der Waals surface area contributed by atoms with Crippen LogP contribution in [0.3, 0.4) is 0 Å². The minimum Gasteiger partial charge on any atom is -0.399 e. The number of likely N-dealkylation sites (N-methyl/N-ethyl adjacent to an activating group) is 1. The number of benzene rings is 1. The molecule has 0 saturated heterocycles. The number of hydrogen-bond acceptors (Lipinski definition) is 4. The van der Waals surface area contributed by atoms with Crippen molar-refractivity contribution >= 4 is 17.3 Å². The Kier molecular flexibility index (Phi) is 5.82. The number of rotatable bonds is 6. The van der Waals surface area contributed by atoms with Gasteiger partial charge in [-0.15, -0.1) is 0 Å². The van der Waals surface area contributed by atoms with Gasteiger partial charge in [-0.25, -0.2) is 0 Å². The lowest BCUT2D eigenvalue weighted by Gasteiger charge is -2.22. The van der Waals surface area contributed by atoms with Crippen molar-refractivity contribution in [1.29, 1.82) is 0 Å². The molecule has 0 spiro atoms. The molecule has 0 radical (unpaired) electrons. The lowest BCUT2D eigenvalue weighted by Crippen LogP contribution is -2.32. The van der Waals surface area contributed by atoms with Gasteiger partial charge in [0.05, 0.1) is 18.3 Å². The number of anilines is 2. The lowest BCUT2D eigenvalue weighted by molar-refractivity contribution is 0.0532. The first kappa shape index (κ1) is 16.3. The fraction of sp³-hybridized carbons (Fsp3) is 0.533. The van der Waals surface area contributed by atoms with Crippen molar-refractivity contribution in [1.82, 2.24) is 4.90 Å². The smallest absolute Gasteiger partial charge is 0.255 e. The molecule has 2 N–H and O–H groups in total. The summed E-state index contributed by atoms with van der Waals surface area (Å²) in [6.07, 6.45) is 0.170. The highest BCUT2D eigenvalue weighted by Gasteiger charge is 2.17. The van der Waals surface area contributed by atoms with E-state index in [0.29, 0.717) is 24.4 Å². The van der Waals surface area contributed by atoms with Crippen LogP contribution in [0.1, 0.15) is 24.2 Å². The minimum atomic E-state index is -0.0478. The van der Waals surface area contributed by atoms with Crippen molar-refractivity contribution in [3.63, 3.8) is 0 Å². The van der Waals surface area contributed by atoms with Gasteiger partial charge in [-0.1, -0.05) is 0 Å². The van der Waals surface area contributed by atoms with Gasteiger partial charge in [-0.2, -0.15) is 0 Å². The van der Waals surface area contributed by atoms with Gasteiger partial charge in [0.1, 0.15) is 0 Å². The van der Waals surface area contributed by atoms with Crippen LogP contribution < -0.4 is 10.6 Å². The number of amides is 1. The summed E-state index contributed by atoms with van der Waals surface area (Å²) in [5.41, 5.74) is 7.86. The molecule has 1 aromatic rings. The van der Waals surface area contributed by atoms with Crippen LogP contribution in [0.5, 0.6) is 0 Å². The van der Waals surface area contributed by atoms with E-state index < -0.39 is 0 Å². The summed E-state index contributed by atoms with van der Waals surface area (Å²) in [6.45, 7) is 5.03. The molecule has 0 aliphatic heterocycles. The molecular weight excluding hydrogens is 254 g/mol. The standard InChI is InChI=1S/C15H25N3O2/c1-11(2)20-9-8-18(5)15(19)13-10-12(16)6-7-14(13)17(3)4/h6-7,10-11H,8-9,16H2,1-5H3. The number of nitrogens with two attached hydrogens (primary N) is 1. The van der Waals surface area contributed by atoms with Gasteiger partial charge in [0, 0.05) is 39.1 Å². The monoisotopic (exact) mass is 279 g/mol. The summed E-state index contributed by atoms with van der Waals surface area (Å²) in [5, 5.41) is 0. The molecule has 0 aromatic heterocycles. The quantitative estimate of drug-likeness (QED) is 0.807. The van der Waals surface area contributed by atoms with Gasteiger partial charge in [0.15, 0.2) is 0 Å². The highest BCUT2D eigenvalue weighted by molar-refractivity contribution is 6.00. The molecule has 1 amide bonds. The summed E-state index contributed by atoms with van der Waals surface area (Å²) >= 11 is 0. The molecule has 0 aliphatic carbocycles. The molecule has 5 nitrogen and oxygen atoms in total. The van der Waals surface area contributed by atoms with E-state index in [1.165, 1.54) is 0 Å². The third-order valence-electron chi connectivity index (χ3n) is 2.96. The fourth-order valence-corrected chi connectivity index (χ4v) is 1.85. The van der Waals surface area contributed by atoms with E-state index in [4.69, 9.17) is 10.5 Å². The molecule has 0 saturated carbocycles. The lowest BCUT2D eigenvalue weighted by atomic mass is 10.1. The number of carbonyl (C=O) groups excluding carboxylic acids is 1. The Labute approximate surface area is 121 Å². The zero-order chi connectivity index (χ0) is 15.3. The van der Waals surface area contributed by atoms with E-state index in [1.54, 1.807) is 24.1 Å². The molecule has 112 valence electrons. The van der Waals surface area contributed by atoms with Crippen LogP contribution in [-0.2, 0) is 4.74 Å². The summed E-state index contributed by atoms with van der Waals surface area (Å²) in [6, 6.07) is 5.38. The summed E-state index contributed by atoms with van der Waals surface area (Å²) < 4.78 is 5.47. The molecule has 5 heteroatoms. The van der Waals surface area contributed by atoms with E-state index in [9.17, 15) is 4.79 Å². The second kappa shape index (κ2) is 7.14. The fourth-order valence-electron chi connectivity index (χ4n) is 1.85. The Bertz CT molecular complexity index is 458. The van der Waals surface area contributed by atoms with E-state index in [-0.39, 0.29) is 12.0 Å². The third-order valence-corrected chi connectivity index (χ3v) is 2.96. The Morgan fingerprint density at radius 2 is 1.95 bits per heavy atom. The molecule has 0 aliphatic rings. The maximum atomic E-state index is 12.5. The normalized spacial score (nSPS) is 10.7. The van der Waals surface area contributed by atoms with Gasteiger partial charge in [0.2, 0.25) is 0 Å². The summed E-state index contributed by atoms with van der Waals surface area (Å²) in [7, 11) is 5.59. The number of ether oxygens (including phenoxy) is 1. The molecular formula is C15H25N3O2. The molecule has 0 heterocycles. The number of carbonyl (C=O) groups is 1. The predicted molar refractivity (Wildman–Crippen MR) is 83.2 cm³/mol. The SMILES string of the molecule is CC(C)OCCN(C)C(=O)c1cc(N)ccc1N(C)C. The van der Waals surface area contributed by atoms with Crippen molar-refractivity contribution in [2.45, 2.75) is 20.0 Å². The zero-order valence-electron chi connectivity index (χ0n) is 13.0. The molecule has 20 heavy (non-hydrogen) atoms. The van der Waals surface area contributed by atoms with E-state index in [1.807, 2.05) is 38.9 Å². The van der Waals surface area contributed by atoms with Gasteiger partial charge >= 0.3 is 0 Å². The van der Waals surface area contributed by atoms with Crippen LogP contribution in [0.25, 0.3) is 0 Å². The topological polar surface area (TPSA) is 58.8 Å². The first-order chi connectivity index (χ1) is 9.32. The van der Waals surface area contributed by atoms with Crippen LogP contribution in [0, 0.1) is 0 Å². The van der Waals surface area contributed by atoms with Crippen molar-refractivity contribution in [2.75, 3.05) is 44.9 Å². The molecule has 0 atom stereocenters. The van der Waals surface area contributed by atoms with Crippen LogP contribution in [0.4, 0.5) is 11.4 Å². The third kappa shape index (κ3) is 4.42. The molecule has 1 aromatic carbocycles. The second-order valence-electron chi connectivity index (χ2n) is 5.32. The van der Waals surface area contributed by atoms with Crippen molar-refractivity contribution in [3.05, 3.63) is 23.8 Å². The Hall–Kier alpha value is -1.75. The number of nitrogens with zero attached hydrogens (tertiary/aromatic N) is 2.